The summed E-state index contributed by atoms with van der Waals surface area (Å²) < 4.78 is 0. The summed E-state index contributed by atoms with van der Waals surface area (Å²) in [5.41, 5.74) is 5.90. The molecule has 1 atom stereocenters. The molecule has 0 spiro atoms. The summed E-state index contributed by atoms with van der Waals surface area (Å²) in [6.07, 6.45) is 6.34. The zero-order valence-corrected chi connectivity index (χ0v) is 12.1. The molecule has 4 heteroatoms. The van der Waals surface area contributed by atoms with Gasteiger partial charge in [0.15, 0.2) is 0 Å². The first-order valence-corrected chi connectivity index (χ1v) is 6.48. The van der Waals surface area contributed by atoms with E-state index >= 15 is 0 Å². The topological polar surface area (TPSA) is 55.1 Å². The van der Waals surface area contributed by atoms with Gasteiger partial charge in [-0.3, -0.25) is 4.79 Å². The number of carbonyl (C=O) groups excluding carboxylic acids is 1. The lowest BCUT2D eigenvalue weighted by molar-refractivity contribution is -0.122. The zero-order chi connectivity index (χ0) is 12.2. The molecule has 1 saturated carbocycles. The molecular formula is C13H27ClN2O. The van der Waals surface area contributed by atoms with Crippen LogP contribution in [0.25, 0.3) is 0 Å². The van der Waals surface area contributed by atoms with Gasteiger partial charge in [-0.1, -0.05) is 26.7 Å². The molecule has 3 N–H and O–H groups in total. The molecule has 3 nitrogen and oxygen atoms in total. The van der Waals surface area contributed by atoms with Gasteiger partial charge in [-0.15, -0.1) is 12.4 Å². The molecule has 0 aromatic rings. The number of nitrogens with one attached hydrogen (secondary N) is 1. The summed E-state index contributed by atoms with van der Waals surface area (Å²) in [4.78, 5) is 11.5. The van der Waals surface area contributed by atoms with Gasteiger partial charge in [0.2, 0.25) is 5.91 Å². The van der Waals surface area contributed by atoms with Crippen molar-refractivity contribution in [2.75, 3.05) is 6.54 Å². The Balaban J connectivity index is 0.00000256. The number of halogens is 1. The summed E-state index contributed by atoms with van der Waals surface area (Å²) in [5.74, 6) is 0.681. The van der Waals surface area contributed by atoms with Crippen LogP contribution in [0.15, 0.2) is 0 Å². The predicted molar refractivity (Wildman–Crippen MR) is 74.3 cm³/mol. The van der Waals surface area contributed by atoms with Gasteiger partial charge < -0.3 is 11.1 Å². The monoisotopic (exact) mass is 262 g/mol. The lowest BCUT2D eigenvalue weighted by Gasteiger charge is -2.31. The Kier molecular flexibility index (Phi) is 7.10. The van der Waals surface area contributed by atoms with E-state index in [4.69, 9.17) is 5.73 Å². The molecule has 0 radical (unpaired) electrons. The normalized spacial score (nSPS) is 19.8. The quantitative estimate of drug-likeness (QED) is 0.800. The number of hydrogen-bond acceptors (Lipinski definition) is 2. The van der Waals surface area contributed by atoms with Crippen molar-refractivity contribution in [1.29, 1.82) is 0 Å². The van der Waals surface area contributed by atoms with E-state index in [2.05, 4.69) is 19.2 Å². The van der Waals surface area contributed by atoms with Gasteiger partial charge in [-0.25, -0.2) is 0 Å². The van der Waals surface area contributed by atoms with E-state index in [1.807, 2.05) is 0 Å². The van der Waals surface area contributed by atoms with Crippen LogP contribution in [0.2, 0.25) is 0 Å². The van der Waals surface area contributed by atoms with E-state index in [-0.39, 0.29) is 18.3 Å². The van der Waals surface area contributed by atoms with Gasteiger partial charge >= 0.3 is 0 Å². The predicted octanol–water partition coefficient (Wildman–Crippen LogP) is 2.48. The second-order valence-corrected chi connectivity index (χ2v) is 5.81. The van der Waals surface area contributed by atoms with Crippen LogP contribution in [0.1, 0.15) is 52.9 Å². The summed E-state index contributed by atoms with van der Waals surface area (Å²) in [6.45, 7) is 7.06. The SMILES string of the molecule is CC(C)CC1(CNC(=O)C(C)N)CCCC1.Cl. The third-order valence-corrected chi connectivity index (χ3v) is 3.56. The molecule has 1 fully saturated rings. The van der Waals surface area contributed by atoms with Crippen LogP contribution in [-0.4, -0.2) is 18.5 Å². The number of amides is 1. The van der Waals surface area contributed by atoms with E-state index < -0.39 is 6.04 Å². The smallest absolute Gasteiger partial charge is 0.236 e. The molecule has 1 rings (SSSR count). The number of rotatable bonds is 5. The average molecular weight is 263 g/mol. The Labute approximate surface area is 111 Å². The Hall–Kier alpha value is -0.280. The van der Waals surface area contributed by atoms with Crippen molar-refractivity contribution in [2.45, 2.75) is 58.9 Å². The number of carbonyl (C=O) groups is 1. The minimum atomic E-state index is -0.391. The summed E-state index contributed by atoms with van der Waals surface area (Å²) in [5, 5.41) is 3.01. The molecule has 1 unspecified atom stereocenters. The van der Waals surface area contributed by atoms with Gasteiger partial charge in [-0.2, -0.15) is 0 Å². The van der Waals surface area contributed by atoms with Gasteiger partial charge in [0.25, 0.3) is 0 Å². The number of hydrogen-bond donors (Lipinski definition) is 2. The molecule has 0 bridgehead atoms. The first-order chi connectivity index (χ1) is 7.45. The minimum absolute atomic E-state index is 0. The Morgan fingerprint density at radius 2 is 1.82 bits per heavy atom. The molecule has 1 amide bonds. The Morgan fingerprint density at radius 3 is 2.24 bits per heavy atom. The maximum absolute atomic E-state index is 11.5. The van der Waals surface area contributed by atoms with Crippen molar-refractivity contribution in [1.82, 2.24) is 5.32 Å². The van der Waals surface area contributed by atoms with E-state index in [0.29, 0.717) is 11.3 Å². The van der Waals surface area contributed by atoms with E-state index in [1.165, 1.54) is 32.1 Å². The van der Waals surface area contributed by atoms with E-state index in [9.17, 15) is 4.79 Å². The first-order valence-electron chi connectivity index (χ1n) is 6.48. The third-order valence-electron chi connectivity index (χ3n) is 3.56. The van der Waals surface area contributed by atoms with E-state index in [0.717, 1.165) is 6.54 Å². The van der Waals surface area contributed by atoms with Crippen LogP contribution < -0.4 is 11.1 Å². The van der Waals surface area contributed by atoms with Crippen molar-refractivity contribution in [3.8, 4) is 0 Å². The molecule has 102 valence electrons. The van der Waals surface area contributed by atoms with Gasteiger partial charge in [0, 0.05) is 6.54 Å². The fourth-order valence-electron chi connectivity index (χ4n) is 2.88. The summed E-state index contributed by atoms with van der Waals surface area (Å²) in [6, 6.07) is -0.391. The molecule has 0 aromatic heterocycles. The van der Waals surface area contributed by atoms with Gasteiger partial charge in [0.05, 0.1) is 6.04 Å². The van der Waals surface area contributed by atoms with Crippen molar-refractivity contribution >= 4 is 18.3 Å². The lowest BCUT2D eigenvalue weighted by Crippen LogP contribution is -2.43. The molecule has 1 aliphatic rings. The molecule has 1 aliphatic carbocycles. The first kappa shape index (κ1) is 16.7. The number of nitrogens with two attached hydrogens (primary N) is 1. The average Bonchev–Trinajstić information content (AvgIpc) is 2.62. The maximum atomic E-state index is 11.5. The third kappa shape index (κ3) is 5.26. The fourth-order valence-corrected chi connectivity index (χ4v) is 2.88. The van der Waals surface area contributed by atoms with Crippen LogP contribution in [-0.2, 0) is 4.79 Å². The van der Waals surface area contributed by atoms with Crippen LogP contribution in [0.4, 0.5) is 0 Å². The molecular weight excluding hydrogens is 236 g/mol. The van der Waals surface area contributed by atoms with Crippen LogP contribution in [0.5, 0.6) is 0 Å². The Morgan fingerprint density at radius 1 is 1.29 bits per heavy atom. The van der Waals surface area contributed by atoms with Crippen LogP contribution in [0.3, 0.4) is 0 Å². The molecule has 0 heterocycles. The minimum Gasteiger partial charge on any atom is -0.354 e. The highest BCUT2D eigenvalue weighted by Crippen LogP contribution is 2.42. The molecule has 0 aliphatic heterocycles. The van der Waals surface area contributed by atoms with E-state index in [1.54, 1.807) is 6.92 Å². The maximum Gasteiger partial charge on any atom is 0.236 e. The second-order valence-electron chi connectivity index (χ2n) is 5.81. The van der Waals surface area contributed by atoms with Crippen LogP contribution >= 0.6 is 12.4 Å². The highest BCUT2D eigenvalue weighted by atomic mass is 35.5. The fraction of sp³-hybridized carbons (Fsp3) is 0.923. The molecule has 0 saturated heterocycles. The van der Waals surface area contributed by atoms with Crippen LogP contribution in [0, 0.1) is 11.3 Å². The standard InChI is InChI=1S/C13H26N2O.ClH/c1-10(2)8-13(6-4-5-7-13)9-15-12(16)11(3)14;/h10-11H,4-9,14H2,1-3H3,(H,15,16);1H. The summed E-state index contributed by atoms with van der Waals surface area (Å²) >= 11 is 0. The van der Waals surface area contributed by atoms with Gasteiger partial charge in [-0.05, 0) is 37.5 Å². The van der Waals surface area contributed by atoms with Gasteiger partial charge in [0.1, 0.15) is 0 Å². The van der Waals surface area contributed by atoms with Crippen molar-refractivity contribution in [3.05, 3.63) is 0 Å². The van der Waals surface area contributed by atoms with Crippen molar-refractivity contribution < 1.29 is 4.79 Å². The van der Waals surface area contributed by atoms with Crippen molar-refractivity contribution in [2.24, 2.45) is 17.1 Å². The molecule has 17 heavy (non-hydrogen) atoms. The largest absolute Gasteiger partial charge is 0.354 e. The summed E-state index contributed by atoms with van der Waals surface area (Å²) in [7, 11) is 0. The van der Waals surface area contributed by atoms with Crippen molar-refractivity contribution in [3.63, 3.8) is 0 Å². The Bertz CT molecular complexity index is 236. The lowest BCUT2D eigenvalue weighted by atomic mass is 9.78. The highest BCUT2D eigenvalue weighted by Gasteiger charge is 2.34. The highest BCUT2D eigenvalue weighted by molar-refractivity contribution is 5.85. The second kappa shape index (κ2) is 7.22. The molecule has 0 aromatic carbocycles. The zero-order valence-electron chi connectivity index (χ0n) is 11.3.